The maximum atomic E-state index is 15.4. The first-order chi connectivity index (χ1) is 39.9. The van der Waals surface area contributed by atoms with Gasteiger partial charge in [-0.1, -0.05) is 25.1 Å². The van der Waals surface area contributed by atoms with Crippen molar-refractivity contribution >= 4 is 68.6 Å². The van der Waals surface area contributed by atoms with Gasteiger partial charge in [0.05, 0.1) is 39.9 Å². The number of aryl methyl sites for hydroxylation is 2. The molecule has 8 heterocycles. The number of benzene rings is 3. The van der Waals surface area contributed by atoms with E-state index in [1.54, 1.807) is 12.1 Å². The lowest BCUT2D eigenvalue weighted by atomic mass is 9.78. The summed E-state index contributed by atoms with van der Waals surface area (Å²) in [7, 11) is 3.85. The standard InChI is InChI=1S/C65H87FN12O6/c1-10-63(2,3)76-25-19-39(20-26-76)41-11-14-46-53(34-41)74(8)72-56(46)48-31-43(59(81)70-60(48)82)37-65(6,7)78-29-23-44(24-30-78)67-45-13-15-47-54(35-45)75(9)73-57(47)49-32-42(58(80)71-61(49)83)36-64(4,5)77-27-21-38(22-28-77)40-12-16-51(50(66)33-40)68-52-17-18-55(79)69-62(52)84/h11-16,33-35,38-39,42-44,48-49,52,67-68H,10,17-32,36-37H2,1-9H3,(H,69,79,84)(H,70,81,82)(H,71,80,83). The second-order valence-electron chi connectivity index (χ2n) is 27.2. The monoisotopic (exact) mass is 1150 g/mol. The molecule has 11 rings (SSSR count). The van der Waals surface area contributed by atoms with Gasteiger partial charge in [0, 0.05) is 84.6 Å². The van der Waals surface area contributed by atoms with Crippen LogP contribution in [0.15, 0.2) is 54.6 Å². The summed E-state index contributed by atoms with van der Waals surface area (Å²) in [5.74, 6) is -3.49. The SMILES string of the molecule is CCC(C)(C)N1CCC(c2ccc3c(C4CC(CC(C)(C)N5CCC(Nc6ccc7c(C8CC(CC(C)(C)N9CCC(c%10ccc(NC%11CCC(=O)NC%11=O)c(F)c%10)CC9)C(=O)NC8=O)nn(C)c7c6)CC5)C(=O)NC4=O)nn(C)c3c2)CC1. The van der Waals surface area contributed by atoms with Crippen LogP contribution in [0.3, 0.4) is 0 Å². The third kappa shape index (κ3) is 12.0. The molecule has 0 bridgehead atoms. The molecule has 2 aromatic heterocycles. The molecule has 0 radical (unpaired) electrons. The van der Waals surface area contributed by atoms with Crippen LogP contribution in [-0.2, 0) is 42.9 Å². The average molecular weight is 1150 g/mol. The summed E-state index contributed by atoms with van der Waals surface area (Å²) < 4.78 is 19.1. The van der Waals surface area contributed by atoms with Gasteiger partial charge in [-0.25, -0.2) is 4.39 Å². The third-order valence-electron chi connectivity index (χ3n) is 20.6. The largest absolute Gasteiger partial charge is 0.382 e. The minimum atomic E-state index is -0.666. The second kappa shape index (κ2) is 23.4. The van der Waals surface area contributed by atoms with Crippen molar-refractivity contribution in [2.75, 3.05) is 49.9 Å². The summed E-state index contributed by atoms with van der Waals surface area (Å²) in [6.45, 7) is 21.1. The van der Waals surface area contributed by atoms with Crippen LogP contribution < -0.4 is 26.6 Å². The summed E-state index contributed by atoms with van der Waals surface area (Å²) in [6, 6.07) is 17.5. The van der Waals surface area contributed by atoms with Crippen LogP contribution in [-0.4, -0.2) is 138 Å². The van der Waals surface area contributed by atoms with Crippen LogP contribution in [0.4, 0.5) is 15.8 Å². The van der Waals surface area contributed by atoms with Gasteiger partial charge in [-0.3, -0.25) is 68.8 Å². The molecule has 6 amide bonds. The van der Waals surface area contributed by atoms with Gasteiger partial charge in [0.25, 0.3) is 0 Å². The van der Waals surface area contributed by atoms with Crippen molar-refractivity contribution in [2.45, 2.75) is 184 Å². The number of fused-ring (bicyclic) bond motifs is 2. The van der Waals surface area contributed by atoms with Crippen molar-refractivity contribution in [3.8, 4) is 0 Å². The predicted molar refractivity (Wildman–Crippen MR) is 323 cm³/mol. The summed E-state index contributed by atoms with van der Waals surface area (Å²) >= 11 is 0. The van der Waals surface area contributed by atoms with E-state index in [0.29, 0.717) is 43.7 Å². The topological polar surface area (TPSA) is 208 Å². The molecule has 5 atom stereocenters. The quantitative estimate of drug-likeness (QED) is 0.0589. The lowest BCUT2D eigenvalue weighted by Crippen LogP contribution is -2.53. The number of rotatable bonds is 16. The molecule has 5 aromatic rings. The van der Waals surface area contributed by atoms with Crippen LogP contribution in [0.5, 0.6) is 0 Å². The maximum Gasteiger partial charge on any atom is 0.249 e. The van der Waals surface area contributed by atoms with E-state index < -0.39 is 35.5 Å². The van der Waals surface area contributed by atoms with Gasteiger partial charge in [0.15, 0.2) is 0 Å². The van der Waals surface area contributed by atoms with E-state index in [2.05, 4.69) is 120 Å². The van der Waals surface area contributed by atoms with Crippen LogP contribution in [0.1, 0.15) is 178 Å². The fraction of sp³-hybridized carbons (Fsp3) is 0.600. The number of likely N-dealkylation sites (tertiary alicyclic amines) is 3. The zero-order valence-corrected chi connectivity index (χ0v) is 50.7. The van der Waals surface area contributed by atoms with E-state index in [4.69, 9.17) is 10.2 Å². The molecular formula is C65H87FN12O6. The van der Waals surface area contributed by atoms with Crippen molar-refractivity contribution in [3.05, 3.63) is 82.9 Å². The number of carbonyl (C=O) groups excluding carboxylic acids is 6. The highest BCUT2D eigenvalue weighted by atomic mass is 19.1. The summed E-state index contributed by atoms with van der Waals surface area (Å²) in [5.41, 5.74) is 6.31. The average Bonchev–Trinajstić information content (AvgIpc) is 4.07. The highest BCUT2D eigenvalue weighted by molar-refractivity contribution is 6.05. The van der Waals surface area contributed by atoms with Gasteiger partial charge in [-0.15, -0.1) is 0 Å². The molecule has 0 aliphatic carbocycles. The van der Waals surface area contributed by atoms with E-state index in [1.165, 1.54) is 5.56 Å². The van der Waals surface area contributed by atoms with Crippen molar-refractivity contribution in [1.82, 2.24) is 50.2 Å². The van der Waals surface area contributed by atoms with E-state index in [1.807, 2.05) is 35.6 Å². The number of amides is 6. The van der Waals surface area contributed by atoms with E-state index >= 15 is 4.39 Å². The lowest BCUT2D eigenvalue weighted by Gasteiger charge is -2.45. The summed E-state index contributed by atoms with van der Waals surface area (Å²) in [4.78, 5) is 85.8. The van der Waals surface area contributed by atoms with Crippen LogP contribution in [0, 0.1) is 17.7 Å². The fourth-order valence-electron chi connectivity index (χ4n) is 15.0. The molecule has 3 aromatic carbocycles. The summed E-state index contributed by atoms with van der Waals surface area (Å²) in [5, 5.41) is 26.3. The molecule has 6 aliphatic heterocycles. The molecule has 6 saturated heterocycles. The van der Waals surface area contributed by atoms with E-state index in [9.17, 15) is 28.8 Å². The number of imide groups is 3. The third-order valence-corrected chi connectivity index (χ3v) is 20.6. The molecule has 6 fully saturated rings. The molecule has 19 heteroatoms. The Morgan fingerprint density at radius 2 is 1.02 bits per heavy atom. The Morgan fingerprint density at radius 1 is 0.548 bits per heavy atom. The molecule has 5 N–H and O–H groups in total. The molecule has 84 heavy (non-hydrogen) atoms. The van der Waals surface area contributed by atoms with Crippen molar-refractivity contribution in [1.29, 1.82) is 0 Å². The number of nitrogens with one attached hydrogen (secondary N) is 5. The molecule has 5 unspecified atom stereocenters. The number of piperidine rings is 6. The number of nitrogens with zero attached hydrogens (tertiary/aromatic N) is 7. The molecule has 18 nitrogen and oxygen atoms in total. The Bertz CT molecular complexity index is 3360. The first-order valence-corrected chi connectivity index (χ1v) is 31.0. The zero-order chi connectivity index (χ0) is 59.6. The van der Waals surface area contributed by atoms with Crippen molar-refractivity contribution < 1.29 is 33.2 Å². The normalized spacial score (nSPS) is 24.7. The minimum absolute atomic E-state index is 0.149. The second-order valence-corrected chi connectivity index (χ2v) is 27.2. The van der Waals surface area contributed by atoms with E-state index in [-0.39, 0.29) is 76.1 Å². The van der Waals surface area contributed by atoms with Gasteiger partial charge >= 0.3 is 0 Å². The Kier molecular flexibility index (Phi) is 16.5. The molecule has 0 saturated carbocycles. The van der Waals surface area contributed by atoms with Gasteiger partial charge in [0.2, 0.25) is 35.4 Å². The number of hydrogen-bond acceptors (Lipinski definition) is 13. The first kappa shape index (κ1) is 59.2. The first-order valence-electron chi connectivity index (χ1n) is 31.0. The smallest absolute Gasteiger partial charge is 0.249 e. The maximum absolute atomic E-state index is 15.4. The molecule has 6 aliphatic rings. The number of aromatic nitrogens is 4. The van der Waals surface area contributed by atoms with Gasteiger partial charge in [-0.2, -0.15) is 10.2 Å². The molecular weight excluding hydrogens is 1060 g/mol. The Hall–Kier alpha value is -6.57. The van der Waals surface area contributed by atoms with E-state index in [0.717, 1.165) is 123 Å². The number of halogens is 1. The minimum Gasteiger partial charge on any atom is -0.382 e. The van der Waals surface area contributed by atoms with Crippen LogP contribution in [0.25, 0.3) is 21.8 Å². The van der Waals surface area contributed by atoms with Crippen LogP contribution in [0.2, 0.25) is 0 Å². The number of carbonyl (C=O) groups is 6. The van der Waals surface area contributed by atoms with Crippen molar-refractivity contribution in [2.24, 2.45) is 25.9 Å². The van der Waals surface area contributed by atoms with Gasteiger partial charge in [0.1, 0.15) is 11.9 Å². The Morgan fingerprint density at radius 3 is 1.54 bits per heavy atom. The number of hydrogen-bond donors (Lipinski definition) is 5. The Labute approximate surface area is 493 Å². The van der Waals surface area contributed by atoms with Crippen LogP contribution >= 0.6 is 0 Å². The fourth-order valence-corrected chi connectivity index (χ4v) is 15.0. The zero-order valence-electron chi connectivity index (χ0n) is 50.7. The summed E-state index contributed by atoms with van der Waals surface area (Å²) in [6.07, 6.45) is 9.27. The predicted octanol–water partition coefficient (Wildman–Crippen LogP) is 8.47. The highest BCUT2D eigenvalue weighted by Gasteiger charge is 2.45. The van der Waals surface area contributed by atoms with Gasteiger partial charge < -0.3 is 10.6 Å². The Balaban J connectivity index is 0.671. The highest BCUT2D eigenvalue weighted by Crippen LogP contribution is 2.42. The molecule has 450 valence electrons. The van der Waals surface area contributed by atoms with Crippen molar-refractivity contribution in [3.63, 3.8) is 0 Å². The number of anilines is 2. The molecule has 0 spiro atoms. The lowest BCUT2D eigenvalue weighted by molar-refractivity contribution is -0.140. The van der Waals surface area contributed by atoms with Gasteiger partial charge in [-0.05, 0) is 204 Å².